The van der Waals surface area contributed by atoms with Gasteiger partial charge in [-0.2, -0.15) is 0 Å². The van der Waals surface area contributed by atoms with E-state index in [9.17, 15) is 9.90 Å². The number of aromatic hydroxyl groups is 1. The molecule has 1 aliphatic heterocycles. The second-order valence-electron chi connectivity index (χ2n) is 4.03. The van der Waals surface area contributed by atoms with Gasteiger partial charge in [0.2, 0.25) is 0 Å². The Hall–Kier alpha value is -1.76. The van der Waals surface area contributed by atoms with Crippen LogP contribution in [0.5, 0.6) is 11.5 Å². The number of aliphatic imine (C=N–C) groups is 1. The van der Waals surface area contributed by atoms with Gasteiger partial charge < -0.3 is 14.9 Å². The van der Waals surface area contributed by atoms with Gasteiger partial charge in [-0.05, 0) is 6.92 Å². The van der Waals surface area contributed by atoms with Crippen LogP contribution in [0.2, 0.25) is 0 Å². The summed E-state index contributed by atoms with van der Waals surface area (Å²) >= 11 is 1.26. The average molecular weight is 268 g/mol. The molecular weight excluding hydrogens is 256 g/mol. The Kier molecular flexibility index (Phi) is 3.16. The van der Waals surface area contributed by atoms with Gasteiger partial charge in [-0.15, -0.1) is 11.8 Å². The first-order valence-corrected chi connectivity index (χ1v) is 6.14. The van der Waals surface area contributed by atoms with E-state index in [1.165, 1.54) is 38.1 Å². The predicted molar refractivity (Wildman–Crippen MR) is 67.5 cm³/mol. The van der Waals surface area contributed by atoms with E-state index in [0.717, 1.165) is 0 Å². The summed E-state index contributed by atoms with van der Waals surface area (Å²) in [6, 6.07) is 1.42. The van der Waals surface area contributed by atoms with Gasteiger partial charge in [0.15, 0.2) is 5.54 Å². The third-order valence-corrected chi connectivity index (χ3v) is 3.84. The number of hydrogen-bond donors (Lipinski definition) is 2. The van der Waals surface area contributed by atoms with Crippen LogP contribution in [-0.4, -0.2) is 44.6 Å². The van der Waals surface area contributed by atoms with Crippen molar-refractivity contribution in [2.75, 3.05) is 12.9 Å². The van der Waals surface area contributed by atoms with E-state index in [-0.39, 0.29) is 11.4 Å². The van der Waals surface area contributed by atoms with Crippen LogP contribution in [0, 0.1) is 0 Å². The Morgan fingerprint density at radius 1 is 1.61 bits per heavy atom. The topological polar surface area (TPSA) is 92.0 Å². The fraction of sp³-hybridized carbons (Fsp3) is 0.364. The third-order valence-electron chi connectivity index (χ3n) is 2.58. The van der Waals surface area contributed by atoms with E-state index in [0.29, 0.717) is 16.5 Å². The minimum atomic E-state index is -1.16. The number of nitrogens with zero attached hydrogens (tertiary/aromatic N) is 2. The monoisotopic (exact) mass is 268 g/mol. The van der Waals surface area contributed by atoms with Crippen LogP contribution in [0.4, 0.5) is 0 Å². The first-order valence-electron chi connectivity index (χ1n) is 5.16. The summed E-state index contributed by atoms with van der Waals surface area (Å²) < 4.78 is 4.93. The highest BCUT2D eigenvalue weighted by Gasteiger charge is 2.39. The molecule has 96 valence electrons. The fourth-order valence-electron chi connectivity index (χ4n) is 1.44. The number of methoxy groups -OCH3 is 1. The van der Waals surface area contributed by atoms with Crippen molar-refractivity contribution in [3.8, 4) is 11.5 Å². The zero-order chi connectivity index (χ0) is 13.3. The van der Waals surface area contributed by atoms with Crippen LogP contribution in [0.3, 0.4) is 0 Å². The Morgan fingerprint density at radius 2 is 2.33 bits per heavy atom. The largest absolute Gasteiger partial charge is 0.505 e. The predicted octanol–water partition coefficient (Wildman–Crippen LogP) is 1.13. The molecule has 18 heavy (non-hydrogen) atoms. The number of ether oxygens (including phenoxy) is 1. The van der Waals surface area contributed by atoms with Gasteiger partial charge in [0.05, 0.1) is 13.3 Å². The quantitative estimate of drug-likeness (QED) is 0.853. The van der Waals surface area contributed by atoms with Crippen molar-refractivity contribution < 1.29 is 19.7 Å². The van der Waals surface area contributed by atoms with Crippen molar-refractivity contribution in [3.63, 3.8) is 0 Å². The molecule has 6 nitrogen and oxygen atoms in total. The van der Waals surface area contributed by atoms with Crippen LogP contribution in [-0.2, 0) is 4.79 Å². The summed E-state index contributed by atoms with van der Waals surface area (Å²) in [4.78, 5) is 19.2. The van der Waals surface area contributed by atoms with E-state index < -0.39 is 11.5 Å². The fourth-order valence-corrected chi connectivity index (χ4v) is 2.61. The average Bonchev–Trinajstić information content (AvgIpc) is 2.73. The Labute approximate surface area is 108 Å². The Bertz CT molecular complexity index is 532. The van der Waals surface area contributed by atoms with Crippen molar-refractivity contribution in [1.29, 1.82) is 0 Å². The molecule has 0 bridgehead atoms. The molecule has 2 heterocycles. The lowest BCUT2D eigenvalue weighted by atomic mass is 10.1. The highest BCUT2D eigenvalue weighted by atomic mass is 32.2. The molecule has 0 saturated carbocycles. The highest BCUT2D eigenvalue weighted by Crippen LogP contribution is 2.34. The molecule has 1 aliphatic rings. The SMILES string of the molecule is COc1cnc(C2=N[C@@](C)(C(=O)O)CS2)c(O)c1. The van der Waals surface area contributed by atoms with Crippen molar-refractivity contribution in [2.24, 2.45) is 4.99 Å². The van der Waals surface area contributed by atoms with Crippen molar-refractivity contribution in [2.45, 2.75) is 12.5 Å². The first kappa shape index (κ1) is 12.7. The molecule has 0 fully saturated rings. The number of thioether (sulfide) groups is 1. The number of rotatable bonds is 3. The minimum Gasteiger partial charge on any atom is -0.505 e. The summed E-state index contributed by atoms with van der Waals surface area (Å²) in [5, 5.41) is 19.3. The van der Waals surface area contributed by atoms with E-state index in [1.54, 1.807) is 0 Å². The van der Waals surface area contributed by atoms with Crippen LogP contribution < -0.4 is 4.74 Å². The number of aliphatic carboxylic acids is 1. The van der Waals surface area contributed by atoms with Gasteiger partial charge in [-0.1, -0.05) is 0 Å². The summed E-state index contributed by atoms with van der Waals surface area (Å²) in [5.74, 6) is -0.306. The molecule has 0 radical (unpaired) electrons. The van der Waals surface area contributed by atoms with Crippen molar-refractivity contribution in [3.05, 3.63) is 18.0 Å². The van der Waals surface area contributed by atoms with Gasteiger partial charge >= 0.3 is 5.97 Å². The van der Waals surface area contributed by atoms with Gasteiger partial charge in [-0.25, -0.2) is 9.78 Å². The maximum Gasteiger partial charge on any atom is 0.332 e. The van der Waals surface area contributed by atoms with E-state index in [4.69, 9.17) is 9.84 Å². The van der Waals surface area contributed by atoms with Crippen molar-refractivity contribution in [1.82, 2.24) is 4.98 Å². The van der Waals surface area contributed by atoms with E-state index >= 15 is 0 Å². The van der Waals surface area contributed by atoms with Crippen LogP contribution >= 0.6 is 11.8 Å². The number of pyridine rings is 1. The number of carboxylic acids is 1. The maximum atomic E-state index is 11.1. The lowest BCUT2D eigenvalue weighted by Crippen LogP contribution is -2.33. The number of aromatic nitrogens is 1. The molecule has 0 unspecified atom stereocenters. The van der Waals surface area contributed by atoms with E-state index in [1.807, 2.05) is 0 Å². The molecule has 2 rings (SSSR count). The summed E-state index contributed by atoms with van der Waals surface area (Å²) in [6.07, 6.45) is 1.45. The minimum absolute atomic E-state index is 0.0739. The summed E-state index contributed by atoms with van der Waals surface area (Å²) in [7, 11) is 1.47. The molecule has 1 atom stereocenters. The second-order valence-corrected chi connectivity index (χ2v) is 4.99. The highest BCUT2D eigenvalue weighted by molar-refractivity contribution is 8.14. The van der Waals surface area contributed by atoms with Gasteiger partial charge in [-0.3, -0.25) is 4.99 Å². The number of carboxylic acid groups (broad SMARTS) is 1. The molecule has 2 N–H and O–H groups in total. The molecule has 0 spiro atoms. The lowest BCUT2D eigenvalue weighted by molar-refractivity contribution is -0.141. The van der Waals surface area contributed by atoms with Crippen LogP contribution in [0.25, 0.3) is 0 Å². The normalized spacial score (nSPS) is 22.7. The van der Waals surface area contributed by atoms with Crippen LogP contribution in [0.1, 0.15) is 12.6 Å². The molecule has 0 aromatic carbocycles. The smallest absolute Gasteiger partial charge is 0.332 e. The Balaban J connectivity index is 2.37. The zero-order valence-corrected chi connectivity index (χ0v) is 10.7. The number of hydrogen-bond acceptors (Lipinski definition) is 6. The molecule has 7 heteroatoms. The van der Waals surface area contributed by atoms with Gasteiger partial charge in [0, 0.05) is 11.8 Å². The first-order chi connectivity index (χ1) is 8.46. The summed E-state index contributed by atoms with van der Waals surface area (Å²) in [5.41, 5.74) is -0.876. The standard InChI is InChI=1S/C11H12N2O4S/c1-11(10(15)16)5-18-9(13-11)8-7(14)3-6(17-2)4-12-8/h3-4,14H,5H2,1-2H3,(H,15,16)/t11-/m1/s1. The van der Waals surface area contributed by atoms with Gasteiger partial charge in [0.25, 0.3) is 0 Å². The van der Waals surface area contributed by atoms with E-state index in [2.05, 4.69) is 9.98 Å². The number of carbonyl (C=O) groups is 1. The molecule has 0 saturated heterocycles. The molecule has 1 aromatic heterocycles. The Morgan fingerprint density at radius 3 is 2.83 bits per heavy atom. The molecule has 0 aliphatic carbocycles. The van der Waals surface area contributed by atoms with Gasteiger partial charge in [0.1, 0.15) is 22.2 Å². The third kappa shape index (κ3) is 2.13. The zero-order valence-electron chi connectivity index (χ0n) is 9.88. The lowest BCUT2D eigenvalue weighted by Gasteiger charge is -2.11. The summed E-state index contributed by atoms with van der Waals surface area (Å²) in [6.45, 7) is 1.54. The van der Waals surface area contributed by atoms with Crippen molar-refractivity contribution >= 4 is 22.8 Å². The molecule has 1 aromatic rings. The van der Waals surface area contributed by atoms with Crippen LogP contribution in [0.15, 0.2) is 17.3 Å². The molecular formula is C11H12N2O4S. The second kappa shape index (κ2) is 4.49. The maximum absolute atomic E-state index is 11.1. The molecule has 0 amide bonds.